The third-order valence-corrected chi connectivity index (χ3v) is 5.13. The van der Waals surface area contributed by atoms with E-state index < -0.39 is 0 Å². The van der Waals surface area contributed by atoms with Crippen LogP contribution in [0.2, 0.25) is 0 Å². The number of carbonyl (C=O) groups is 2. The molecule has 1 aromatic carbocycles. The molecule has 4 rings (SSSR count). The first kappa shape index (κ1) is 17.5. The van der Waals surface area contributed by atoms with Crippen molar-refractivity contribution in [1.82, 2.24) is 10.3 Å². The van der Waals surface area contributed by atoms with E-state index in [1.807, 2.05) is 18.2 Å². The Labute approximate surface area is 158 Å². The van der Waals surface area contributed by atoms with Crippen LogP contribution in [0, 0.1) is 0 Å². The Bertz CT molecular complexity index is 860. The summed E-state index contributed by atoms with van der Waals surface area (Å²) in [6.45, 7) is 0.364. The highest BCUT2D eigenvalue weighted by molar-refractivity contribution is 5.97. The molecule has 1 fully saturated rings. The smallest absolute Gasteiger partial charge is 0.251 e. The molecule has 27 heavy (non-hydrogen) atoms. The zero-order chi connectivity index (χ0) is 18.6. The number of fused-ring (bicyclic) bond motifs is 1. The van der Waals surface area contributed by atoms with Crippen molar-refractivity contribution in [1.29, 1.82) is 0 Å². The molecule has 0 spiro atoms. The number of amides is 2. The number of nitrogens with zero attached hydrogens (tertiary/aromatic N) is 1. The van der Waals surface area contributed by atoms with Gasteiger partial charge < -0.3 is 15.4 Å². The Morgan fingerprint density at radius 3 is 2.93 bits per heavy atom. The lowest BCUT2D eigenvalue weighted by atomic mass is 10.00. The number of hydrogen-bond donors (Lipinski definition) is 2. The van der Waals surface area contributed by atoms with Crippen LogP contribution >= 0.6 is 0 Å². The second-order valence-corrected chi connectivity index (χ2v) is 7.09. The van der Waals surface area contributed by atoms with Gasteiger partial charge in [0.1, 0.15) is 6.10 Å². The highest BCUT2D eigenvalue weighted by atomic mass is 16.5. The SMILES string of the molecule is O=C1CCc2cc(C(=O)NCc3cccnc3OC3CCCC3)ccc2N1. The molecule has 0 unspecified atom stereocenters. The lowest BCUT2D eigenvalue weighted by Gasteiger charge is -2.18. The number of aryl methyl sites for hydroxylation is 1. The fourth-order valence-electron chi connectivity index (χ4n) is 3.63. The fourth-order valence-corrected chi connectivity index (χ4v) is 3.63. The Kier molecular flexibility index (Phi) is 5.05. The number of rotatable bonds is 5. The topological polar surface area (TPSA) is 80.3 Å². The highest BCUT2D eigenvalue weighted by Gasteiger charge is 2.19. The van der Waals surface area contributed by atoms with Gasteiger partial charge in [0.25, 0.3) is 5.91 Å². The van der Waals surface area contributed by atoms with E-state index in [1.165, 1.54) is 12.8 Å². The van der Waals surface area contributed by atoms with Crippen LogP contribution in [0.25, 0.3) is 0 Å². The average molecular weight is 365 g/mol. The standard InChI is InChI=1S/C21H23N3O3/c25-19-10-8-14-12-15(7-9-18(14)24-19)20(26)23-13-16-4-3-11-22-21(16)27-17-5-1-2-6-17/h3-4,7,9,11-12,17H,1-2,5-6,8,10,13H2,(H,23,26)(H,24,25). The van der Waals surface area contributed by atoms with Gasteiger partial charge in [-0.3, -0.25) is 9.59 Å². The lowest BCUT2D eigenvalue weighted by Crippen LogP contribution is -2.25. The van der Waals surface area contributed by atoms with Crippen molar-refractivity contribution < 1.29 is 14.3 Å². The number of benzene rings is 1. The molecule has 140 valence electrons. The summed E-state index contributed by atoms with van der Waals surface area (Å²) in [4.78, 5) is 28.4. The lowest BCUT2D eigenvalue weighted by molar-refractivity contribution is -0.116. The van der Waals surface area contributed by atoms with E-state index in [2.05, 4.69) is 15.6 Å². The third-order valence-electron chi connectivity index (χ3n) is 5.13. The van der Waals surface area contributed by atoms with Gasteiger partial charge >= 0.3 is 0 Å². The maximum atomic E-state index is 12.6. The summed E-state index contributed by atoms with van der Waals surface area (Å²) in [5, 5.41) is 5.78. The molecule has 2 N–H and O–H groups in total. The normalized spacial score (nSPS) is 16.5. The van der Waals surface area contributed by atoms with Gasteiger partial charge in [-0.1, -0.05) is 6.07 Å². The Balaban J connectivity index is 1.41. The van der Waals surface area contributed by atoms with Gasteiger partial charge in [0.2, 0.25) is 11.8 Å². The molecule has 1 aliphatic heterocycles. The largest absolute Gasteiger partial charge is 0.474 e. The predicted molar refractivity (Wildman–Crippen MR) is 102 cm³/mol. The first-order chi connectivity index (χ1) is 13.2. The number of hydrogen-bond acceptors (Lipinski definition) is 4. The fraction of sp³-hybridized carbons (Fsp3) is 0.381. The molecule has 6 heteroatoms. The second kappa shape index (κ2) is 7.78. The summed E-state index contributed by atoms with van der Waals surface area (Å²) in [7, 11) is 0. The van der Waals surface area contributed by atoms with Gasteiger partial charge in [-0.05, 0) is 61.9 Å². The van der Waals surface area contributed by atoms with Gasteiger partial charge in [-0.25, -0.2) is 4.98 Å². The monoisotopic (exact) mass is 365 g/mol. The first-order valence-electron chi connectivity index (χ1n) is 9.50. The molecule has 2 aromatic rings. The van der Waals surface area contributed by atoms with Crippen molar-refractivity contribution in [2.75, 3.05) is 5.32 Å². The summed E-state index contributed by atoms with van der Waals surface area (Å²) < 4.78 is 6.03. The number of aromatic nitrogens is 1. The van der Waals surface area contributed by atoms with E-state index >= 15 is 0 Å². The summed E-state index contributed by atoms with van der Waals surface area (Å²) in [5.74, 6) is 0.481. The molecule has 0 saturated heterocycles. The van der Waals surface area contributed by atoms with E-state index in [9.17, 15) is 9.59 Å². The van der Waals surface area contributed by atoms with Crippen molar-refractivity contribution >= 4 is 17.5 Å². The molecule has 0 atom stereocenters. The summed E-state index contributed by atoms with van der Waals surface area (Å²) in [5.41, 5.74) is 3.26. The van der Waals surface area contributed by atoms with Crippen LogP contribution < -0.4 is 15.4 Å². The maximum absolute atomic E-state index is 12.6. The van der Waals surface area contributed by atoms with Crippen LogP contribution in [0.15, 0.2) is 36.5 Å². The van der Waals surface area contributed by atoms with Crippen LogP contribution in [0.3, 0.4) is 0 Å². The van der Waals surface area contributed by atoms with Gasteiger partial charge in [-0.2, -0.15) is 0 Å². The van der Waals surface area contributed by atoms with Crippen LogP contribution in [-0.2, 0) is 17.8 Å². The Hall–Kier alpha value is -2.89. The molecule has 2 amide bonds. The van der Waals surface area contributed by atoms with Crippen molar-refractivity contribution in [3.05, 3.63) is 53.2 Å². The molecular formula is C21H23N3O3. The van der Waals surface area contributed by atoms with Crippen molar-refractivity contribution in [3.8, 4) is 5.88 Å². The molecule has 0 radical (unpaired) electrons. The summed E-state index contributed by atoms with van der Waals surface area (Å²) >= 11 is 0. The summed E-state index contributed by atoms with van der Waals surface area (Å²) in [6.07, 6.45) is 7.57. The quantitative estimate of drug-likeness (QED) is 0.853. The van der Waals surface area contributed by atoms with E-state index in [1.54, 1.807) is 18.3 Å². The first-order valence-corrected chi connectivity index (χ1v) is 9.50. The number of nitrogens with one attached hydrogen (secondary N) is 2. The van der Waals surface area contributed by atoms with Crippen LogP contribution in [0.5, 0.6) is 5.88 Å². The Morgan fingerprint density at radius 1 is 1.22 bits per heavy atom. The Morgan fingerprint density at radius 2 is 2.07 bits per heavy atom. The van der Waals surface area contributed by atoms with E-state index in [0.717, 1.165) is 29.7 Å². The average Bonchev–Trinajstić information content (AvgIpc) is 3.19. The van der Waals surface area contributed by atoms with Gasteiger partial charge in [0.05, 0.1) is 0 Å². The number of carbonyl (C=O) groups excluding carboxylic acids is 2. The van der Waals surface area contributed by atoms with Crippen molar-refractivity contribution in [2.24, 2.45) is 0 Å². The molecular weight excluding hydrogens is 342 g/mol. The van der Waals surface area contributed by atoms with Gasteiger partial charge in [0, 0.05) is 36.0 Å². The van der Waals surface area contributed by atoms with Crippen LogP contribution in [-0.4, -0.2) is 22.9 Å². The molecule has 1 aliphatic carbocycles. The van der Waals surface area contributed by atoms with Crippen molar-refractivity contribution in [3.63, 3.8) is 0 Å². The number of anilines is 1. The number of pyridine rings is 1. The molecule has 6 nitrogen and oxygen atoms in total. The minimum absolute atomic E-state index is 0.0195. The van der Waals surface area contributed by atoms with Crippen molar-refractivity contribution in [2.45, 2.75) is 51.2 Å². The highest BCUT2D eigenvalue weighted by Crippen LogP contribution is 2.26. The van der Waals surface area contributed by atoms with Gasteiger partial charge in [0.15, 0.2) is 0 Å². The number of ether oxygens (including phenoxy) is 1. The minimum atomic E-state index is -0.148. The zero-order valence-electron chi connectivity index (χ0n) is 15.2. The van der Waals surface area contributed by atoms with E-state index in [4.69, 9.17) is 4.74 Å². The van der Waals surface area contributed by atoms with E-state index in [0.29, 0.717) is 30.8 Å². The second-order valence-electron chi connectivity index (χ2n) is 7.09. The third kappa shape index (κ3) is 4.10. The summed E-state index contributed by atoms with van der Waals surface area (Å²) in [6, 6.07) is 9.16. The molecule has 1 saturated carbocycles. The minimum Gasteiger partial charge on any atom is -0.474 e. The molecule has 2 aliphatic rings. The van der Waals surface area contributed by atoms with Crippen LogP contribution in [0.4, 0.5) is 5.69 Å². The molecule has 0 bridgehead atoms. The van der Waals surface area contributed by atoms with Gasteiger partial charge in [-0.15, -0.1) is 0 Å². The maximum Gasteiger partial charge on any atom is 0.251 e. The predicted octanol–water partition coefficient (Wildman–Crippen LogP) is 3.22. The zero-order valence-corrected chi connectivity index (χ0v) is 15.2. The van der Waals surface area contributed by atoms with E-state index in [-0.39, 0.29) is 17.9 Å². The van der Waals surface area contributed by atoms with Crippen LogP contribution in [0.1, 0.15) is 53.6 Å². The molecule has 1 aromatic heterocycles. The molecule has 2 heterocycles.